The van der Waals surface area contributed by atoms with Crippen LogP contribution in [0.4, 0.5) is 0 Å². The summed E-state index contributed by atoms with van der Waals surface area (Å²) < 4.78 is 0. The summed E-state index contributed by atoms with van der Waals surface area (Å²) in [5.41, 5.74) is -0.760. The molecule has 0 unspecified atom stereocenters. The first-order valence-corrected chi connectivity index (χ1v) is 3.77. The molecule has 0 spiro atoms. The lowest BCUT2D eigenvalue weighted by atomic mass is 9.81. The predicted molar refractivity (Wildman–Crippen MR) is 40.8 cm³/mol. The first kappa shape index (κ1) is 8.24. The van der Waals surface area contributed by atoms with Crippen molar-refractivity contribution in [3.8, 4) is 0 Å². The van der Waals surface area contributed by atoms with Crippen LogP contribution >= 0.6 is 0 Å². The Bertz CT molecular complexity index is 200. The lowest BCUT2D eigenvalue weighted by Gasteiger charge is -2.44. The zero-order valence-electron chi connectivity index (χ0n) is 7.34. The highest BCUT2D eigenvalue weighted by atomic mass is 16.2. The van der Waals surface area contributed by atoms with E-state index in [0.29, 0.717) is 0 Å². The third-order valence-electron chi connectivity index (χ3n) is 2.02. The van der Waals surface area contributed by atoms with Gasteiger partial charge in [0.25, 0.3) is 0 Å². The van der Waals surface area contributed by atoms with Gasteiger partial charge in [-0.2, -0.15) is 0 Å². The van der Waals surface area contributed by atoms with Gasteiger partial charge < -0.3 is 0 Å². The number of β-lactam (4-membered cyclic amide) rings is 2. The maximum Gasteiger partial charge on any atom is 0.244 e. The summed E-state index contributed by atoms with van der Waals surface area (Å²) >= 11 is 0. The summed E-state index contributed by atoms with van der Waals surface area (Å²) in [6.07, 6.45) is 0. The van der Waals surface area contributed by atoms with Gasteiger partial charge in [0.15, 0.2) is 0 Å². The Morgan fingerprint density at radius 1 is 1.18 bits per heavy atom. The van der Waals surface area contributed by atoms with Gasteiger partial charge in [-0.05, 0) is 27.7 Å². The van der Waals surface area contributed by atoms with Crippen molar-refractivity contribution in [1.82, 2.24) is 4.90 Å². The highest BCUT2D eigenvalue weighted by Gasteiger charge is 2.54. The van der Waals surface area contributed by atoms with Crippen LogP contribution in [0.1, 0.15) is 27.7 Å². The Kier molecular flexibility index (Phi) is 1.54. The SMILES string of the molecule is CC(C)N1C(=O)C(C)(C)C1=O. The zero-order valence-corrected chi connectivity index (χ0v) is 7.34. The lowest BCUT2D eigenvalue weighted by Crippen LogP contribution is -2.65. The number of hydrogen-bond donors (Lipinski definition) is 0. The summed E-state index contributed by atoms with van der Waals surface area (Å²) in [4.78, 5) is 23.8. The van der Waals surface area contributed by atoms with Crippen molar-refractivity contribution in [2.45, 2.75) is 33.7 Å². The monoisotopic (exact) mass is 155 g/mol. The van der Waals surface area contributed by atoms with Crippen molar-refractivity contribution < 1.29 is 9.59 Å². The second-order valence-electron chi connectivity index (χ2n) is 3.70. The number of hydrogen-bond acceptors (Lipinski definition) is 2. The van der Waals surface area contributed by atoms with E-state index in [9.17, 15) is 9.59 Å². The van der Waals surface area contributed by atoms with Gasteiger partial charge in [-0.1, -0.05) is 0 Å². The fourth-order valence-electron chi connectivity index (χ4n) is 1.20. The van der Waals surface area contributed by atoms with Crippen LogP contribution in [0, 0.1) is 5.41 Å². The summed E-state index contributed by atoms with van der Waals surface area (Å²) in [6.45, 7) is 7.00. The second kappa shape index (κ2) is 2.06. The van der Waals surface area contributed by atoms with Gasteiger partial charge in [0.05, 0.1) is 0 Å². The zero-order chi connectivity index (χ0) is 8.81. The quantitative estimate of drug-likeness (QED) is 0.414. The highest BCUT2D eigenvalue weighted by molar-refractivity contribution is 6.21. The number of rotatable bonds is 1. The van der Waals surface area contributed by atoms with E-state index < -0.39 is 5.41 Å². The average molecular weight is 155 g/mol. The summed E-state index contributed by atoms with van der Waals surface area (Å²) in [7, 11) is 0. The van der Waals surface area contributed by atoms with Crippen molar-refractivity contribution in [1.29, 1.82) is 0 Å². The standard InChI is InChI=1S/C8H13NO2/c1-5(2)9-6(10)8(3,4)7(9)11/h5H,1-4H3. The van der Waals surface area contributed by atoms with Gasteiger partial charge in [-0.3, -0.25) is 14.5 Å². The second-order valence-corrected chi connectivity index (χ2v) is 3.70. The molecule has 0 aromatic carbocycles. The smallest absolute Gasteiger partial charge is 0.244 e. The minimum absolute atomic E-state index is 0.00280. The summed E-state index contributed by atoms with van der Waals surface area (Å²) in [5.74, 6) is -0.116. The van der Waals surface area contributed by atoms with Gasteiger partial charge in [0, 0.05) is 6.04 Å². The molecule has 1 rings (SSSR count). The molecular formula is C8H13NO2. The average Bonchev–Trinajstić information content (AvgIpc) is 1.87. The molecule has 3 heteroatoms. The number of imide groups is 1. The third kappa shape index (κ3) is 0.870. The molecule has 11 heavy (non-hydrogen) atoms. The Labute approximate surface area is 66.4 Å². The predicted octanol–water partition coefficient (Wildman–Crippen LogP) is 0.790. The van der Waals surface area contributed by atoms with Crippen molar-refractivity contribution in [3.63, 3.8) is 0 Å². The van der Waals surface area contributed by atoms with Crippen LogP contribution in [-0.2, 0) is 9.59 Å². The van der Waals surface area contributed by atoms with Crippen LogP contribution in [0.25, 0.3) is 0 Å². The molecule has 62 valence electrons. The Balaban J connectivity index is 2.81. The normalized spacial score (nSPS) is 22.5. The number of nitrogens with zero attached hydrogens (tertiary/aromatic N) is 1. The molecule has 0 N–H and O–H groups in total. The molecule has 0 aromatic heterocycles. The minimum atomic E-state index is -0.760. The van der Waals surface area contributed by atoms with E-state index in [1.54, 1.807) is 13.8 Å². The molecule has 1 heterocycles. The molecule has 0 aliphatic carbocycles. The van der Waals surface area contributed by atoms with Crippen molar-refractivity contribution in [2.75, 3.05) is 0 Å². The molecule has 2 amide bonds. The first-order valence-electron chi connectivity index (χ1n) is 3.77. The minimum Gasteiger partial charge on any atom is -0.278 e. The molecule has 1 fully saturated rings. The van der Waals surface area contributed by atoms with E-state index in [1.807, 2.05) is 13.8 Å². The third-order valence-corrected chi connectivity index (χ3v) is 2.02. The van der Waals surface area contributed by atoms with Crippen molar-refractivity contribution >= 4 is 11.8 Å². The number of carbonyl (C=O) groups excluding carboxylic acids is 2. The number of amides is 2. The molecule has 1 aliphatic heterocycles. The fourth-order valence-corrected chi connectivity index (χ4v) is 1.20. The van der Waals surface area contributed by atoms with Crippen LogP contribution in [0.2, 0.25) is 0 Å². The molecule has 3 nitrogen and oxygen atoms in total. The molecule has 0 bridgehead atoms. The topological polar surface area (TPSA) is 37.4 Å². The van der Waals surface area contributed by atoms with Crippen LogP contribution in [0.5, 0.6) is 0 Å². The van der Waals surface area contributed by atoms with Crippen molar-refractivity contribution in [2.24, 2.45) is 5.41 Å². The highest BCUT2D eigenvalue weighted by Crippen LogP contribution is 2.33. The lowest BCUT2D eigenvalue weighted by molar-refractivity contribution is -0.176. The van der Waals surface area contributed by atoms with E-state index >= 15 is 0 Å². The van der Waals surface area contributed by atoms with E-state index in [0.717, 1.165) is 0 Å². The van der Waals surface area contributed by atoms with E-state index in [2.05, 4.69) is 0 Å². The molecule has 0 atom stereocenters. The molecule has 1 aliphatic rings. The Hall–Kier alpha value is -0.860. The molecule has 0 aromatic rings. The first-order chi connectivity index (χ1) is 4.89. The largest absolute Gasteiger partial charge is 0.278 e. The van der Waals surface area contributed by atoms with E-state index in [-0.39, 0.29) is 17.9 Å². The van der Waals surface area contributed by atoms with Gasteiger partial charge in [-0.15, -0.1) is 0 Å². The van der Waals surface area contributed by atoms with Crippen LogP contribution in [-0.4, -0.2) is 22.8 Å². The van der Waals surface area contributed by atoms with Gasteiger partial charge in [-0.25, -0.2) is 0 Å². The van der Waals surface area contributed by atoms with Crippen molar-refractivity contribution in [3.05, 3.63) is 0 Å². The summed E-state index contributed by atoms with van der Waals surface area (Å²) in [6, 6.07) is 0.00280. The number of carbonyl (C=O) groups is 2. The van der Waals surface area contributed by atoms with Crippen LogP contribution < -0.4 is 0 Å². The maximum atomic E-state index is 11.2. The Morgan fingerprint density at radius 3 is 1.73 bits per heavy atom. The molecule has 1 saturated heterocycles. The van der Waals surface area contributed by atoms with E-state index in [1.165, 1.54) is 4.90 Å². The summed E-state index contributed by atoms with van der Waals surface area (Å²) in [5, 5.41) is 0. The van der Waals surface area contributed by atoms with Crippen LogP contribution in [0.15, 0.2) is 0 Å². The molecule has 0 radical (unpaired) electrons. The van der Waals surface area contributed by atoms with Gasteiger partial charge in [0.1, 0.15) is 5.41 Å². The molecule has 0 saturated carbocycles. The fraction of sp³-hybridized carbons (Fsp3) is 0.750. The van der Waals surface area contributed by atoms with Gasteiger partial charge >= 0.3 is 0 Å². The maximum absolute atomic E-state index is 11.2. The van der Waals surface area contributed by atoms with E-state index in [4.69, 9.17) is 0 Å². The van der Waals surface area contributed by atoms with Crippen LogP contribution in [0.3, 0.4) is 0 Å². The molecular weight excluding hydrogens is 142 g/mol. The number of likely N-dealkylation sites (tertiary alicyclic amines) is 1. The Morgan fingerprint density at radius 2 is 1.55 bits per heavy atom. The van der Waals surface area contributed by atoms with Gasteiger partial charge in [0.2, 0.25) is 11.8 Å².